The van der Waals surface area contributed by atoms with Crippen LogP contribution in [-0.4, -0.2) is 47.0 Å². The molecule has 1 atom stereocenters. The molecule has 180 valence electrons. The molecule has 1 aromatic rings. The van der Waals surface area contributed by atoms with Crippen LogP contribution in [0.5, 0.6) is 0 Å². The van der Waals surface area contributed by atoms with E-state index in [1.165, 1.54) is 18.6 Å². The van der Waals surface area contributed by atoms with Gasteiger partial charge < -0.3 is 20.4 Å². The quantitative estimate of drug-likeness (QED) is 0.485. The number of carbonyl (C=O) groups is 4. The standard InChI is InChI=1S/C23H29F2N3O5/c24-23(25)12-22(13-23,18(29)21(32)26-16-6-7-16)28-20(31)17(10-14-4-2-1-3-5-14)27-19(30)15-8-9-33-11-15/h8-9,11,14,16-17H,1-7,10,12-13H2,(H,26,32)(H,27,30)(H,28,31)/t17-/m0/s1. The van der Waals surface area contributed by atoms with E-state index in [0.29, 0.717) is 6.42 Å². The number of nitrogens with one attached hydrogen (secondary N) is 3. The first kappa shape index (κ1) is 23.4. The van der Waals surface area contributed by atoms with E-state index < -0.39 is 53.8 Å². The van der Waals surface area contributed by atoms with Crippen molar-refractivity contribution in [1.29, 1.82) is 0 Å². The number of hydrogen-bond donors (Lipinski definition) is 3. The SMILES string of the molecule is O=C(NC1CC1)C(=O)C1(NC(=O)[C@H](CC2CCCCC2)NC(=O)c2ccoc2)CC(F)(F)C1. The van der Waals surface area contributed by atoms with E-state index in [4.69, 9.17) is 4.42 Å². The summed E-state index contributed by atoms with van der Waals surface area (Å²) in [5.74, 6) is -6.26. The molecule has 8 nitrogen and oxygen atoms in total. The number of furan rings is 1. The van der Waals surface area contributed by atoms with Gasteiger partial charge in [-0.25, -0.2) is 8.78 Å². The summed E-state index contributed by atoms with van der Waals surface area (Å²) in [7, 11) is 0. The van der Waals surface area contributed by atoms with Crippen LogP contribution < -0.4 is 16.0 Å². The summed E-state index contributed by atoms with van der Waals surface area (Å²) in [4.78, 5) is 50.9. The van der Waals surface area contributed by atoms with E-state index in [-0.39, 0.29) is 17.5 Å². The minimum absolute atomic E-state index is 0.122. The zero-order valence-corrected chi connectivity index (χ0v) is 18.3. The van der Waals surface area contributed by atoms with Crippen LogP contribution in [0, 0.1) is 5.92 Å². The Balaban J connectivity index is 1.49. The highest BCUT2D eigenvalue weighted by molar-refractivity contribution is 6.40. The molecule has 0 radical (unpaired) electrons. The van der Waals surface area contributed by atoms with Crippen molar-refractivity contribution in [2.24, 2.45) is 5.92 Å². The second-order valence-electron chi connectivity index (χ2n) is 9.64. The van der Waals surface area contributed by atoms with Crippen LogP contribution in [0.2, 0.25) is 0 Å². The fraction of sp³-hybridized carbons (Fsp3) is 0.652. The van der Waals surface area contributed by atoms with Crippen molar-refractivity contribution in [2.75, 3.05) is 0 Å². The second-order valence-corrected chi connectivity index (χ2v) is 9.64. The van der Waals surface area contributed by atoms with E-state index in [9.17, 15) is 28.0 Å². The van der Waals surface area contributed by atoms with Gasteiger partial charge in [0.25, 0.3) is 17.7 Å². The molecule has 0 saturated heterocycles. The van der Waals surface area contributed by atoms with Crippen molar-refractivity contribution >= 4 is 23.5 Å². The van der Waals surface area contributed by atoms with Crippen LogP contribution in [0.15, 0.2) is 23.0 Å². The van der Waals surface area contributed by atoms with E-state index >= 15 is 0 Å². The van der Waals surface area contributed by atoms with Crippen molar-refractivity contribution in [3.63, 3.8) is 0 Å². The van der Waals surface area contributed by atoms with Crippen molar-refractivity contribution in [3.05, 3.63) is 24.2 Å². The van der Waals surface area contributed by atoms with Crippen LogP contribution in [0.3, 0.4) is 0 Å². The molecule has 3 aliphatic carbocycles. The van der Waals surface area contributed by atoms with E-state index in [0.717, 1.165) is 44.9 Å². The van der Waals surface area contributed by atoms with Crippen LogP contribution in [0.4, 0.5) is 8.78 Å². The average molecular weight is 465 g/mol. The third kappa shape index (κ3) is 5.59. The Bertz CT molecular complexity index is 899. The summed E-state index contributed by atoms with van der Waals surface area (Å²) in [6, 6.07) is 0.300. The lowest BCUT2D eigenvalue weighted by Crippen LogP contribution is -2.71. The molecule has 3 aliphatic rings. The van der Waals surface area contributed by atoms with Crippen molar-refractivity contribution < 1.29 is 32.4 Å². The summed E-state index contributed by atoms with van der Waals surface area (Å²) >= 11 is 0. The molecule has 0 spiro atoms. The van der Waals surface area contributed by atoms with E-state index in [1.54, 1.807) is 0 Å². The van der Waals surface area contributed by atoms with Crippen molar-refractivity contribution in [3.8, 4) is 0 Å². The number of hydrogen-bond acceptors (Lipinski definition) is 5. The van der Waals surface area contributed by atoms with Crippen LogP contribution in [0.1, 0.15) is 74.6 Å². The zero-order valence-electron chi connectivity index (χ0n) is 18.3. The Hall–Kier alpha value is -2.78. The predicted octanol–water partition coefficient (Wildman–Crippen LogP) is 2.48. The fourth-order valence-corrected chi connectivity index (χ4v) is 4.78. The molecule has 33 heavy (non-hydrogen) atoms. The molecule has 10 heteroatoms. The Kier molecular flexibility index (Phi) is 6.54. The van der Waals surface area contributed by atoms with Gasteiger partial charge in [-0.3, -0.25) is 19.2 Å². The molecule has 1 aromatic heterocycles. The summed E-state index contributed by atoms with van der Waals surface area (Å²) in [5.41, 5.74) is -1.74. The lowest BCUT2D eigenvalue weighted by atomic mass is 9.70. The third-order valence-corrected chi connectivity index (χ3v) is 6.74. The third-order valence-electron chi connectivity index (χ3n) is 6.74. The van der Waals surface area contributed by atoms with Crippen LogP contribution in [-0.2, 0) is 14.4 Å². The molecule has 3 fully saturated rings. The van der Waals surface area contributed by atoms with Crippen molar-refractivity contribution in [1.82, 2.24) is 16.0 Å². The molecular weight excluding hydrogens is 436 g/mol. The number of halogens is 2. The summed E-state index contributed by atoms with van der Waals surface area (Å²) in [6.45, 7) is 0. The number of rotatable bonds is 9. The first-order valence-corrected chi connectivity index (χ1v) is 11.6. The van der Waals surface area contributed by atoms with Gasteiger partial charge in [0.15, 0.2) is 0 Å². The summed E-state index contributed by atoms with van der Waals surface area (Å²) in [5, 5.41) is 7.60. The molecular formula is C23H29F2N3O5. The van der Waals surface area contributed by atoms with Gasteiger partial charge in [0, 0.05) is 18.9 Å². The average Bonchev–Trinajstić information content (AvgIpc) is 3.39. The number of alkyl halides is 2. The molecule has 0 aliphatic heterocycles. The highest BCUT2D eigenvalue weighted by atomic mass is 19.3. The molecule has 3 N–H and O–H groups in total. The van der Waals surface area contributed by atoms with Crippen LogP contribution in [0.25, 0.3) is 0 Å². The minimum atomic E-state index is -3.15. The Morgan fingerprint density at radius 2 is 1.76 bits per heavy atom. The normalized spacial score (nSPS) is 22.5. The van der Waals surface area contributed by atoms with Gasteiger partial charge in [-0.05, 0) is 31.2 Å². The van der Waals surface area contributed by atoms with E-state index in [2.05, 4.69) is 16.0 Å². The Morgan fingerprint density at radius 1 is 1.06 bits per heavy atom. The Labute approximate surface area is 190 Å². The molecule has 3 saturated carbocycles. The highest BCUT2D eigenvalue weighted by Crippen LogP contribution is 2.46. The Morgan fingerprint density at radius 3 is 2.33 bits per heavy atom. The highest BCUT2D eigenvalue weighted by Gasteiger charge is 2.63. The molecule has 1 heterocycles. The van der Waals surface area contributed by atoms with Gasteiger partial charge in [-0.2, -0.15) is 0 Å². The first-order valence-electron chi connectivity index (χ1n) is 11.6. The van der Waals surface area contributed by atoms with Gasteiger partial charge in [-0.1, -0.05) is 32.1 Å². The lowest BCUT2D eigenvalue weighted by molar-refractivity contribution is -0.168. The van der Waals surface area contributed by atoms with Crippen LogP contribution >= 0.6 is 0 Å². The molecule has 3 amide bonds. The number of amides is 3. The lowest BCUT2D eigenvalue weighted by Gasteiger charge is -2.46. The molecule has 0 unspecified atom stereocenters. The predicted molar refractivity (Wildman–Crippen MR) is 112 cm³/mol. The maximum atomic E-state index is 13.8. The van der Waals surface area contributed by atoms with E-state index in [1.807, 2.05) is 0 Å². The monoisotopic (exact) mass is 465 g/mol. The summed E-state index contributed by atoms with van der Waals surface area (Å²) in [6.07, 6.45) is 7.43. The smallest absolute Gasteiger partial charge is 0.290 e. The fourth-order valence-electron chi connectivity index (χ4n) is 4.78. The minimum Gasteiger partial charge on any atom is -0.472 e. The number of carbonyl (C=O) groups excluding carboxylic acids is 4. The van der Waals surface area contributed by atoms with Crippen molar-refractivity contribution in [2.45, 2.75) is 87.8 Å². The van der Waals surface area contributed by atoms with Gasteiger partial charge in [0.05, 0.1) is 11.8 Å². The molecule has 4 rings (SSSR count). The zero-order chi connectivity index (χ0) is 23.6. The molecule has 0 aromatic carbocycles. The first-order chi connectivity index (χ1) is 15.7. The second kappa shape index (κ2) is 9.23. The number of ketones is 1. The topological polar surface area (TPSA) is 118 Å². The summed E-state index contributed by atoms with van der Waals surface area (Å²) < 4.78 is 32.6. The van der Waals surface area contributed by atoms with Gasteiger partial charge in [0.2, 0.25) is 11.7 Å². The maximum Gasteiger partial charge on any atom is 0.290 e. The van der Waals surface area contributed by atoms with Gasteiger partial charge in [0.1, 0.15) is 17.8 Å². The number of Topliss-reactive ketones (excluding diaryl/α,β-unsaturated/α-hetero) is 1. The largest absolute Gasteiger partial charge is 0.472 e. The molecule has 0 bridgehead atoms. The van der Waals surface area contributed by atoms with Gasteiger partial charge >= 0.3 is 0 Å². The maximum absolute atomic E-state index is 13.8. The van der Waals surface area contributed by atoms with Gasteiger partial charge in [-0.15, -0.1) is 0 Å².